The molecule has 1 fully saturated rings. The molecule has 0 saturated carbocycles. The number of hydrogen-bond donors (Lipinski definition) is 0. The Morgan fingerprint density at radius 3 is 1.88 bits per heavy atom. The van der Waals surface area contributed by atoms with Gasteiger partial charge in [-0.1, -0.05) is 0 Å². The second-order valence-corrected chi connectivity index (χ2v) is 8.11. The highest BCUT2D eigenvalue weighted by Crippen LogP contribution is 2.24. The monoisotopic (exact) mass is 248 g/mol. The molecule has 1 saturated heterocycles. The van der Waals surface area contributed by atoms with E-state index in [1.54, 1.807) is 14.1 Å². The van der Waals surface area contributed by atoms with Gasteiger partial charge in [0.1, 0.15) is 0 Å². The first kappa shape index (κ1) is 13.9. The number of likely N-dealkylation sites (tertiary alicyclic amines) is 1. The summed E-state index contributed by atoms with van der Waals surface area (Å²) in [4.78, 5) is 2.36. The number of hydrogen-bond acceptors (Lipinski definition) is 3. The van der Waals surface area contributed by atoms with E-state index >= 15 is 0 Å². The topological polar surface area (TPSA) is 40.6 Å². The maximum absolute atomic E-state index is 11.9. The van der Waals surface area contributed by atoms with Gasteiger partial charge in [0.05, 0.1) is 5.25 Å². The molecular formula is C11H24N2O2S. The van der Waals surface area contributed by atoms with Gasteiger partial charge in [0.15, 0.2) is 0 Å². The zero-order valence-corrected chi connectivity index (χ0v) is 11.8. The maximum atomic E-state index is 11.9. The van der Waals surface area contributed by atoms with Crippen molar-refractivity contribution >= 4 is 10.0 Å². The van der Waals surface area contributed by atoms with Gasteiger partial charge in [-0.25, -0.2) is 12.7 Å². The van der Waals surface area contributed by atoms with E-state index in [1.165, 1.54) is 4.31 Å². The Hall–Kier alpha value is -0.130. The summed E-state index contributed by atoms with van der Waals surface area (Å²) in [6.07, 6.45) is 1.50. The molecule has 1 aliphatic heterocycles. The summed E-state index contributed by atoms with van der Waals surface area (Å²) < 4.78 is 25.2. The van der Waals surface area contributed by atoms with Crippen LogP contribution in [0.1, 0.15) is 33.6 Å². The molecule has 0 N–H and O–H groups in total. The van der Waals surface area contributed by atoms with Gasteiger partial charge in [-0.15, -0.1) is 0 Å². The fraction of sp³-hybridized carbons (Fsp3) is 1.00. The minimum atomic E-state index is -3.06. The van der Waals surface area contributed by atoms with Crippen LogP contribution in [0.4, 0.5) is 0 Å². The molecule has 4 nitrogen and oxygen atoms in total. The Morgan fingerprint density at radius 1 is 1.12 bits per heavy atom. The van der Waals surface area contributed by atoms with E-state index in [4.69, 9.17) is 0 Å². The Labute approximate surface area is 99.7 Å². The van der Waals surface area contributed by atoms with Crippen molar-refractivity contribution in [2.75, 3.05) is 27.2 Å². The van der Waals surface area contributed by atoms with E-state index in [2.05, 4.69) is 25.7 Å². The zero-order chi connectivity index (χ0) is 12.6. The first-order valence-corrected chi connectivity index (χ1v) is 7.32. The maximum Gasteiger partial charge on any atom is 0.216 e. The third-order valence-electron chi connectivity index (χ3n) is 3.32. The lowest BCUT2D eigenvalue weighted by Gasteiger charge is -2.41. The third-order valence-corrected chi connectivity index (χ3v) is 5.65. The lowest BCUT2D eigenvalue weighted by Crippen LogP contribution is -2.49. The van der Waals surface area contributed by atoms with Crippen LogP contribution in [0.5, 0.6) is 0 Å². The number of nitrogens with zero attached hydrogens (tertiary/aromatic N) is 2. The summed E-state index contributed by atoms with van der Waals surface area (Å²) in [5.74, 6) is 0. The van der Waals surface area contributed by atoms with Gasteiger partial charge in [0.25, 0.3) is 0 Å². The van der Waals surface area contributed by atoms with Crippen molar-refractivity contribution in [3.05, 3.63) is 0 Å². The second-order valence-electron chi connectivity index (χ2n) is 5.68. The van der Waals surface area contributed by atoms with E-state index in [0.29, 0.717) is 0 Å². The van der Waals surface area contributed by atoms with E-state index in [9.17, 15) is 8.42 Å². The predicted molar refractivity (Wildman–Crippen MR) is 67.0 cm³/mol. The van der Waals surface area contributed by atoms with Crippen molar-refractivity contribution in [3.63, 3.8) is 0 Å². The van der Waals surface area contributed by atoms with Crippen LogP contribution in [-0.2, 0) is 10.0 Å². The van der Waals surface area contributed by atoms with Crippen molar-refractivity contribution in [3.8, 4) is 0 Å². The summed E-state index contributed by atoms with van der Waals surface area (Å²) in [6, 6.07) is 0. The van der Waals surface area contributed by atoms with E-state index in [-0.39, 0.29) is 10.8 Å². The van der Waals surface area contributed by atoms with Gasteiger partial charge in [0, 0.05) is 19.6 Å². The van der Waals surface area contributed by atoms with Crippen molar-refractivity contribution in [1.29, 1.82) is 0 Å². The van der Waals surface area contributed by atoms with Crippen LogP contribution in [0.25, 0.3) is 0 Å². The third kappa shape index (κ3) is 2.96. The molecule has 0 aromatic carbocycles. The molecule has 1 aliphatic rings. The summed E-state index contributed by atoms with van der Waals surface area (Å²) in [7, 11) is 0.171. The molecule has 0 aromatic heterocycles. The fourth-order valence-corrected chi connectivity index (χ4v) is 3.53. The highest BCUT2D eigenvalue weighted by atomic mass is 32.2. The van der Waals surface area contributed by atoms with Gasteiger partial charge in [-0.3, -0.25) is 4.90 Å². The van der Waals surface area contributed by atoms with Gasteiger partial charge in [-0.2, -0.15) is 0 Å². The van der Waals surface area contributed by atoms with Gasteiger partial charge in [-0.05, 0) is 46.7 Å². The minimum absolute atomic E-state index is 0.146. The first-order chi connectivity index (χ1) is 7.15. The van der Waals surface area contributed by atoms with Crippen LogP contribution in [-0.4, -0.2) is 55.6 Å². The SMILES string of the molecule is CN(C)S(=O)(=O)C1CCN(C(C)(C)C)CC1. The Morgan fingerprint density at radius 2 is 1.56 bits per heavy atom. The highest BCUT2D eigenvalue weighted by molar-refractivity contribution is 7.89. The van der Waals surface area contributed by atoms with Crippen LogP contribution < -0.4 is 0 Å². The second kappa shape index (κ2) is 4.63. The minimum Gasteiger partial charge on any atom is -0.298 e. The summed E-state index contributed by atoms with van der Waals surface area (Å²) in [5.41, 5.74) is 0.146. The fourth-order valence-electron chi connectivity index (χ4n) is 2.12. The average Bonchev–Trinajstić information content (AvgIpc) is 2.16. The zero-order valence-electron chi connectivity index (χ0n) is 11.0. The molecule has 1 rings (SSSR count). The largest absolute Gasteiger partial charge is 0.298 e. The van der Waals surface area contributed by atoms with Crippen LogP contribution in [0.3, 0.4) is 0 Å². The smallest absolute Gasteiger partial charge is 0.216 e. The van der Waals surface area contributed by atoms with Crippen LogP contribution in [0, 0.1) is 0 Å². The standard InChI is InChI=1S/C11H24N2O2S/c1-11(2,3)13-8-6-10(7-9-13)16(14,15)12(4)5/h10H,6-9H2,1-5H3. The molecule has 0 atom stereocenters. The van der Waals surface area contributed by atoms with Crippen LogP contribution in [0.15, 0.2) is 0 Å². The molecule has 0 aliphatic carbocycles. The van der Waals surface area contributed by atoms with E-state index < -0.39 is 10.0 Å². The predicted octanol–water partition coefficient (Wildman–Crippen LogP) is 1.14. The number of piperidine rings is 1. The number of rotatable bonds is 2. The van der Waals surface area contributed by atoms with Crippen LogP contribution >= 0.6 is 0 Å². The summed E-state index contributed by atoms with van der Waals surface area (Å²) >= 11 is 0. The molecule has 0 amide bonds. The van der Waals surface area contributed by atoms with Gasteiger partial charge in [0.2, 0.25) is 10.0 Å². The molecule has 0 spiro atoms. The lowest BCUT2D eigenvalue weighted by atomic mass is 10.0. The Kier molecular flexibility index (Phi) is 4.03. The summed E-state index contributed by atoms with van der Waals surface area (Å²) in [6.45, 7) is 8.28. The quantitative estimate of drug-likeness (QED) is 0.736. The number of sulfonamides is 1. The first-order valence-electron chi connectivity index (χ1n) is 5.82. The summed E-state index contributed by atoms with van der Waals surface area (Å²) in [5, 5.41) is -0.193. The molecule has 5 heteroatoms. The lowest BCUT2D eigenvalue weighted by molar-refractivity contribution is 0.111. The van der Waals surface area contributed by atoms with Crippen molar-refractivity contribution in [2.24, 2.45) is 0 Å². The molecule has 96 valence electrons. The average molecular weight is 248 g/mol. The van der Waals surface area contributed by atoms with Crippen molar-refractivity contribution in [1.82, 2.24) is 9.21 Å². The normalized spacial score (nSPS) is 21.6. The molecule has 0 bridgehead atoms. The molecular weight excluding hydrogens is 224 g/mol. The Balaban J connectivity index is 2.63. The highest BCUT2D eigenvalue weighted by Gasteiger charge is 2.34. The molecule has 1 heterocycles. The van der Waals surface area contributed by atoms with Crippen molar-refractivity contribution < 1.29 is 8.42 Å². The Bertz CT molecular complexity index is 322. The van der Waals surface area contributed by atoms with Gasteiger partial charge < -0.3 is 0 Å². The van der Waals surface area contributed by atoms with E-state index in [0.717, 1.165) is 25.9 Å². The molecule has 0 aromatic rings. The molecule has 0 unspecified atom stereocenters. The van der Waals surface area contributed by atoms with E-state index in [1.807, 2.05) is 0 Å². The molecule has 16 heavy (non-hydrogen) atoms. The van der Waals surface area contributed by atoms with Crippen molar-refractivity contribution in [2.45, 2.75) is 44.4 Å². The van der Waals surface area contributed by atoms with Crippen LogP contribution in [0.2, 0.25) is 0 Å². The van der Waals surface area contributed by atoms with Gasteiger partial charge >= 0.3 is 0 Å². The molecule has 0 radical (unpaired) electrons.